The average Bonchev–Trinajstić information content (AvgIpc) is 2.42. The molecule has 0 atom stereocenters. The van der Waals surface area contributed by atoms with Gasteiger partial charge < -0.3 is 9.74 Å². The van der Waals surface area contributed by atoms with Crippen LogP contribution in [0.25, 0.3) is 0 Å². The van der Waals surface area contributed by atoms with Crippen LogP contribution in [0.3, 0.4) is 0 Å². The van der Waals surface area contributed by atoms with Crippen molar-refractivity contribution in [2.24, 2.45) is 11.8 Å². The molecule has 3 nitrogen and oxygen atoms in total. The van der Waals surface area contributed by atoms with Gasteiger partial charge in [0, 0.05) is 6.54 Å². The lowest BCUT2D eigenvalue weighted by Gasteiger charge is -2.31. The van der Waals surface area contributed by atoms with E-state index in [0.29, 0.717) is 6.61 Å². The molecule has 1 fully saturated rings. The molecule has 0 spiro atoms. The molecule has 1 aliphatic rings. The SMILES string of the molecule is NOCCCN1CCC(Cc2ccccc2)CC1. The first kappa shape index (κ1) is 13.5. The summed E-state index contributed by atoms with van der Waals surface area (Å²) >= 11 is 0. The zero-order valence-electron chi connectivity index (χ0n) is 11.1. The van der Waals surface area contributed by atoms with Crippen molar-refractivity contribution < 1.29 is 4.84 Å². The summed E-state index contributed by atoms with van der Waals surface area (Å²) in [6.07, 6.45) is 4.91. The van der Waals surface area contributed by atoms with Crippen molar-refractivity contribution in [1.82, 2.24) is 4.90 Å². The summed E-state index contributed by atoms with van der Waals surface area (Å²) in [5, 5.41) is 0. The predicted octanol–water partition coefficient (Wildman–Crippen LogP) is 2.22. The highest BCUT2D eigenvalue weighted by molar-refractivity contribution is 5.15. The van der Waals surface area contributed by atoms with Gasteiger partial charge in [-0.25, -0.2) is 5.90 Å². The number of nitrogens with two attached hydrogens (primary N) is 1. The van der Waals surface area contributed by atoms with Crippen LogP contribution in [0.15, 0.2) is 30.3 Å². The third-order valence-electron chi connectivity index (χ3n) is 3.81. The van der Waals surface area contributed by atoms with Gasteiger partial charge in [-0.1, -0.05) is 30.3 Å². The summed E-state index contributed by atoms with van der Waals surface area (Å²) in [7, 11) is 0. The first-order valence-electron chi connectivity index (χ1n) is 6.96. The Morgan fingerprint density at radius 1 is 1.17 bits per heavy atom. The molecule has 0 saturated carbocycles. The van der Waals surface area contributed by atoms with Crippen molar-refractivity contribution in [2.45, 2.75) is 25.7 Å². The average molecular weight is 248 g/mol. The lowest BCUT2D eigenvalue weighted by Crippen LogP contribution is -2.35. The molecule has 1 aromatic carbocycles. The second-order valence-corrected chi connectivity index (χ2v) is 5.20. The van der Waals surface area contributed by atoms with Gasteiger partial charge in [-0.15, -0.1) is 0 Å². The third-order valence-corrected chi connectivity index (χ3v) is 3.81. The summed E-state index contributed by atoms with van der Waals surface area (Å²) in [6.45, 7) is 4.24. The molecule has 0 unspecified atom stereocenters. The standard InChI is InChI=1S/C15H24N2O/c16-18-12-4-9-17-10-7-15(8-11-17)13-14-5-2-1-3-6-14/h1-3,5-6,15H,4,7-13,16H2. The van der Waals surface area contributed by atoms with Crippen molar-refractivity contribution in [3.63, 3.8) is 0 Å². The van der Waals surface area contributed by atoms with Crippen LogP contribution in [-0.2, 0) is 11.3 Å². The quantitative estimate of drug-likeness (QED) is 0.620. The summed E-state index contributed by atoms with van der Waals surface area (Å²) in [6, 6.07) is 10.8. The van der Waals surface area contributed by atoms with Crippen LogP contribution >= 0.6 is 0 Å². The largest absolute Gasteiger partial charge is 0.305 e. The number of hydrogen-bond acceptors (Lipinski definition) is 3. The molecule has 1 aliphatic heterocycles. The summed E-state index contributed by atoms with van der Waals surface area (Å²) in [5.74, 6) is 5.89. The molecule has 1 saturated heterocycles. The van der Waals surface area contributed by atoms with E-state index in [0.717, 1.165) is 18.9 Å². The van der Waals surface area contributed by atoms with Crippen molar-refractivity contribution in [3.8, 4) is 0 Å². The number of piperidine rings is 1. The fourth-order valence-electron chi connectivity index (χ4n) is 2.73. The zero-order chi connectivity index (χ0) is 12.6. The van der Waals surface area contributed by atoms with E-state index < -0.39 is 0 Å². The molecular weight excluding hydrogens is 224 g/mol. The van der Waals surface area contributed by atoms with Gasteiger partial charge in [0.15, 0.2) is 0 Å². The Labute approximate surface area is 110 Å². The maximum Gasteiger partial charge on any atom is 0.0691 e. The summed E-state index contributed by atoms with van der Waals surface area (Å²) in [4.78, 5) is 7.13. The van der Waals surface area contributed by atoms with Gasteiger partial charge in [0.25, 0.3) is 0 Å². The molecule has 0 radical (unpaired) electrons. The molecule has 0 amide bonds. The summed E-state index contributed by atoms with van der Waals surface area (Å²) < 4.78 is 0. The van der Waals surface area contributed by atoms with Crippen molar-refractivity contribution in [1.29, 1.82) is 0 Å². The minimum atomic E-state index is 0.671. The Morgan fingerprint density at radius 3 is 2.56 bits per heavy atom. The highest BCUT2D eigenvalue weighted by Crippen LogP contribution is 2.21. The third kappa shape index (κ3) is 4.41. The highest BCUT2D eigenvalue weighted by atomic mass is 16.6. The molecule has 0 bridgehead atoms. The Bertz CT molecular complexity index is 321. The van der Waals surface area contributed by atoms with Crippen LogP contribution in [0.4, 0.5) is 0 Å². The van der Waals surface area contributed by atoms with Gasteiger partial charge in [-0.3, -0.25) is 0 Å². The molecule has 1 aromatic rings. The molecular formula is C15H24N2O. The first-order chi connectivity index (χ1) is 8.88. The normalized spacial score (nSPS) is 18.1. The van der Waals surface area contributed by atoms with Crippen molar-refractivity contribution in [2.75, 3.05) is 26.2 Å². The number of hydrogen-bond donors (Lipinski definition) is 1. The van der Waals surface area contributed by atoms with E-state index in [2.05, 4.69) is 40.1 Å². The van der Waals surface area contributed by atoms with E-state index in [1.54, 1.807) is 0 Å². The van der Waals surface area contributed by atoms with Crippen LogP contribution in [0, 0.1) is 5.92 Å². The fourth-order valence-corrected chi connectivity index (χ4v) is 2.73. The monoisotopic (exact) mass is 248 g/mol. The smallest absolute Gasteiger partial charge is 0.0691 e. The molecule has 0 aromatic heterocycles. The second-order valence-electron chi connectivity index (χ2n) is 5.20. The van der Waals surface area contributed by atoms with Gasteiger partial charge in [0.2, 0.25) is 0 Å². The minimum absolute atomic E-state index is 0.671. The Balaban J connectivity index is 1.67. The lowest BCUT2D eigenvalue weighted by atomic mass is 9.90. The van der Waals surface area contributed by atoms with E-state index in [1.807, 2.05) is 0 Å². The molecule has 0 aliphatic carbocycles. The molecule has 2 rings (SSSR count). The molecule has 3 heteroatoms. The van der Waals surface area contributed by atoms with Crippen LogP contribution in [0.2, 0.25) is 0 Å². The highest BCUT2D eigenvalue weighted by Gasteiger charge is 2.18. The van der Waals surface area contributed by atoms with Crippen molar-refractivity contribution in [3.05, 3.63) is 35.9 Å². The van der Waals surface area contributed by atoms with Gasteiger partial charge >= 0.3 is 0 Å². The minimum Gasteiger partial charge on any atom is -0.305 e. The van der Waals surface area contributed by atoms with E-state index in [-0.39, 0.29) is 0 Å². The number of likely N-dealkylation sites (tertiary alicyclic amines) is 1. The van der Waals surface area contributed by atoms with Crippen LogP contribution in [0.5, 0.6) is 0 Å². The van der Waals surface area contributed by atoms with E-state index in [1.165, 1.54) is 37.9 Å². The van der Waals surface area contributed by atoms with Gasteiger partial charge in [-0.2, -0.15) is 0 Å². The maximum absolute atomic E-state index is 5.03. The number of benzene rings is 1. The maximum atomic E-state index is 5.03. The summed E-state index contributed by atoms with van der Waals surface area (Å²) in [5.41, 5.74) is 1.48. The van der Waals surface area contributed by atoms with Gasteiger partial charge in [0.05, 0.1) is 6.61 Å². The molecule has 100 valence electrons. The predicted molar refractivity (Wildman–Crippen MR) is 74.1 cm³/mol. The van der Waals surface area contributed by atoms with E-state index in [9.17, 15) is 0 Å². The Kier molecular flexibility index (Phi) is 5.65. The van der Waals surface area contributed by atoms with E-state index >= 15 is 0 Å². The Hall–Kier alpha value is -0.900. The molecule has 18 heavy (non-hydrogen) atoms. The van der Waals surface area contributed by atoms with E-state index in [4.69, 9.17) is 5.90 Å². The van der Waals surface area contributed by atoms with Crippen LogP contribution < -0.4 is 5.90 Å². The topological polar surface area (TPSA) is 38.5 Å². The fraction of sp³-hybridized carbons (Fsp3) is 0.600. The van der Waals surface area contributed by atoms with Crippen LogP contribution in [0.1, 0.15) is 24.8 Å². The Morgan fingerprint density at radius 2 is 1.89 bits per heavy atom. The van der Waals surface area contributed by atoms with Crippen molar-refractivity contribution >= 4 is 0 Å². The van der Waals surface area contributed by atoms with Gasteiger partial charge in [-0.05, 0) is 50.3 Å². The zero-order valence-corrected chi connectivity index (χ0v) is 11.1. The first-order valence-corrected chi connectivity index (χ1v) is 6.96. The lowest BCUT2D eigenvalue weighted by molar-refractivity contribution is 0.113. The molecule has 1 heterocycles. The number of rotatable bonds is 6. The van der Waals surface area contributed by atoms with Gasteiger partial charge in [0.1, 0.15) is 0 Å². The molecule has 2 N–H and O–H groups in total. The second kappa shape index (κ2) is 7.52. The van der Waals surface area contributed by atoms with Crippen LogP contribution in [-0.4, -0.2) is 31.1 Å². The number of nitrogens with zero attached hydrogens (tertiary/aromatic N) is 1.